The number of hydrogen-bond acceptors (Lipinski definition) is 3. The summed E-state index contributed by atoms with van der Waals surface area (Å²) in [6.07, 6.45) is 3.68. The van der Waals surface area contributed by atoms with Gasteiger partial charge >= 0.3 is 6.18 Å². The number of hydrogen-bond donors (Lipinski definition) is 2. The number of halogens is 3. The van der Waals surface area contributed by atoms with Crippen LogP contribution in [0.1, 0.15) is 27.0 Å². The third-order valence-corrected chi connectivity index (χ3v) is 3.91. The van der Waals surface area contributed by atoms with Crippen LogP contribution >= 0.6 is 0 Å². The van der Waals surface area contributed by atoms with Crippen molar-refractivity contribution < 1.29 is 18.0 Å². The van der Waals surface area contributed by atoms with E-state index in [1.807, 2.05) is 0 Å². The Morgan fingerprint density at radius 2 is 2.07 bits per heavy atom. The van der Waals surface area contributed by atoms with Gasteiger partial charge in [-0.1, -0.05) is 12.6 Å². The molecule has 4 nitrogen and oxygen atoms in total. The van der Waals surface area contributed by atoms with Crippen molar-refractivity contribution in [3.63, 3.8) is 0 Å². The SMILES string of the molecule is C=C1C=C(NC(=O)c2ccc(C(F)(F)F)cc2Cc2cccnc2)C=CN1. The number of carbonyl (C=O) groups excluding carboxylic acids is 1. The second-order valence-electron chi connectivity index (χ2n) is 5.96. The predicted molar refractivity (Wildman–Crippen MR) is 95.5 cm³/mol. The molecular weight excluding hydrogens is 355 g/mol. The molecule has 1 aliphatic rings. The molecule has 7 heteroatoms. The summed E-state index contributed by atoms with van der Waals surface area (Å²) in [7, 11) is 0. The van der Waals surface area contributed by atoms with Crippen LogP contribution in [0.25, 0.3) is 0 Å². The van der Waals surface area contributed by atoms with E-state index in [2.05, 4.69) is 22.2 Å². The van der Waals surface area contributed by atoms with Crippen molar-refractivity contribution in [2.45, 2.75) is 12.6 Å². The zero-order valence-electron chi connectivity index (χ0n) is 14.2. The average Bonchev–Trinajstić information content (AvgIpc) is 2.62. The van der Waals surface area contributed by atoms with Gasteiger partial charge in [0.15, 0.2) is 0 Å². The highest BCUT2D eigenvalue weighted by atomic mass is 19.4. The summed E-state index contributed by atoms with van der Waals surface area (Å²) in [4.78, 5) is 16.6. The minimum absolute atomic E-state index is 0.156. The Kier molecular flexibility index (Phi) is 5.12. The fraction of sp³-hybridized carbons (Fsp3) is 0.100. The molecule has 27 heavy (non-hydrogen) atoms. The van der Waals surface area contributed by atoms with E-state index in [1.54, 1.807) is 42.9 Å². The first-order valence-corrected chi connectivity index (χ1v) is 8.07. The van der Waals surface area contributed by atoms with E-state index in [0.717, 1.165) is 12.1 Å². The van der Waals surface area contributed by atoms with Gasteiger partial charge < -0.3 is 10.6 Å². The predicted octanol–water partition coefficient (Wildman–Crippen LogP) is 3.94. The molecule has 0 atom stereocenters. The largest absolute Gasteiger partial charge is 0.416 e. The third kappa shape index (κ3) is 4.63. The number of amides is 1. The number of allylic oxidation sites excluding steroid dienone is 2. The molecule has 138 valence electrons. The number of benzene rings is 1. The number of rotatable bonds is 4. The van der Waals surface area contributed by atoms with Gasteiger partial charge in [-0.3, -0.25) is 9.78 Å². The summed E-state index contributed by atoms with van der Waals surface area (Å²) in [6.45, 7) is 3.73. The van der Waals surface area contributed by atoms with E-state index in [0.29, 0.717) is 17.0 Å². The van der Waals surface area contributed by atoms with Crippen molar-refractivity contribution in [2.75, 3.05) is 0 Å². The van der Waals surface area contributed by atoms with Crippen LogP contribution in [0.2, 0.25) is 0 Å². The first-order valence-electron chi connectivity index (χ1n) is 8.07. The fourth-order valence-electron chi connectivity index (χ4n) is 2.65. The lowest BCUT2D eigenvalue weighted by molar-refractivity contribution is -0.137. The first-order chi connectivity index (χ1) is 12.8. The number of nitrogens with one attached hydrogen (secondary N) is 2. The van der Waals surface area contributed by atoms with Crippen LogP contribution in [0.15, 0.2) is 79.1 Å². The summed E-state index contributed by atoms with van der Waals surface area (Å²) in [5.74, 6) is -0.492. The summed E-state index contributed by atoms with van der Waals surface area (Å²) >= 11 is 0. The molecular formula is C20H16F3N3O. The van der Waals surface area contributed by atoms with E-state index in [9.17, 15) is 18.0 Å². The van der Waals surface area contributed by atoms with Gasteiger partial charge in [-0.05, 0) is 54.0 Å². The fourth-order valence-corrected chi connectivity index (χ4v) is 2.65. The smallest absolute Gasteiger partial charge is 0.362 e. The van der Waals surface area contributed by atoms with Gasteiger partial charge in [-0.25, -0.2) is 0 Å². The number of carbonyl (C=O) groups is 1. The Morgan fingerprint density at radius 3 is 2.74 bits per heavy atom. The molecule has 1 amide bonds. The van der Waals surface area contributed by atoms with Gasteiger partial charge in [0.1, 0.15) is 0 Å². The number of pyridine rings is 1. The van der Waals surface area contributed by atoms with Gasteiger partial charge in [-0.15, -0.1) is 0 Å². The van der Waals surface area contributed by atoms with Crippen LogP contribution < -0.4 is 10.6 Å². The number of dihydropyridines is 1. The molecule has 0 unspecified atom stereocenters. The van der Waals surface area contributed by atoms with Gasteiger partial charge in [0.25, 0.3) is 5.91 Å². The molecule has 0 saturated heterocycles. The maximum atomic E-state index is 13.1. The topological polar surface area (TPSA) is 54.0 Å². The number of alkyl halides is 3. The van der Waals surface area contributed by atoms with Crippen LogP contribution in [0, 0.1) is 0 Å². The normalized spacial score (nSPS) is 13.7. The second kappa shape index (κ2) is 7.49. The molecule has 0 aliphatic carbocycles. The standard InChI is InChI=1S/C20H16F3N3O/c1-13-9-17(6-8-25-13)26-19(27)18-5-4-16(20(21,22)23)11-15(18)10-14-3-2-7-24-12-14/h2-9,11-12,25H,1,10H2,(H,26,27). The number of nitrogens with zero attached hydrogens (tertiary/aromatic N) is 1. The summed E-state index contributed by atoms with van der Waals surface area (Å²) in [5, 5.41) is 5.55. The molecule has 0 spiro atoms. The van der Waals surface area contributed by atoms with Gasteiger partial charge in [-0.2, -0.15) is 13.2 Å². The van der Waals surface area contributed by atoms with Crippen LogP contribution in [-0.4, -0.2) is 10.9 Å². The van der Waals surface area contributed by atoms with Crippen molar-refractivity contribution in [1.29, 1.82) is 0 Å². The maximum Gasteiger partial charge on any atom is 0.416 e. The van der Waals surface area contributed by atoms with Crippen LogP contribution in [-0.2, 0) is 12.6 Å². The zero-order valence-corrected chi connectivity index (χ0v) is 14.2. The number of aromatic nitrogens is 1. The Bertz CT molecular complexity index is 931. The molecule has 0 bridgehead atoms. The van der Waals surface area contributed by atoms with Gasteiger partial charge in [0, 0.05) is 35.6 Å². The monoisotopic (exact) mass is 371 g/mol. The van der Waals surface area contributed by atoms with E-state index in [1.165, 1.54) is 6.07 Å². The van der Waals surface area contributed by atoms with Crippen molar-refractivity contribution in [3.05, 3.63) is 101 Å². The summed E-state index contributed by atoms with van der Waals surface area (Å²) < 4.78 is 39.3. The second-order valence-corrected chi connectivity index (χ2v) is 5.96. The minimum atomic E-state index is -4.49. The molecule has 0 radical (unpaired) electrons. The Balaban J connectivity index is 1.94. The van der Waals surface area contributed by atoms with Crippen molar-refractivity contribution >= 4 is 5.91 Å². The molecule has 2 aromatic rings. The van der Waals surface area contributed by atoms with Crippen LogP contribution in [0.5, 0.6) is 0 Å². The Hall–Kier alpha value is -3.35. The lowest BCUT2D eigenvalue weighted by Gasteiger charge is -2.16. The molecule has 0 fully saturated rings. The zero-order chi connectivity index (χ0) is 19.4. The molecule has 3 rings (SSSR count). The molecule has 1 aromatic carbocycles. The molecule has 1 aliphatic heterocycles. The lowest BCUT2D eigenvalue weighted by Crippen LogP contribution is -2.25. The molecule has 1 aromatic heterocycles. The summed E-state index contributed by atoms with van der Waals surface area (Å²) in [5.41, 5.74) is 1.44. The third-order valence-electron chi connectivity index (χ3n) is 3.91. The van der Waals surface area contributed by atoms with E-state index in [4.69, 9.17) is 0 Å². The average molecular weight is 371 g/mol. The highest BCUT2D eigenvalue weighted by Gasteiger charge is 2.31. The highest BCUT2D eigenvalue weighted by molar-refractivity contribution is 5.97. The van der Waals surface area contributed by atoms with E-state index in [-0.39, 0.29) is 17.5 Å². The van der Waals surface area contributed by atoms with Crippen LogP contribution in [0.4, 0.5) is 13.2 Å². The molecule has 0 saturated carbocycles. The van der Waals surface area contributed by atoms with E-state index >= 15 is 0 Å². The van der Waals surface area contributed by atoms with E-state index < -0.39 is 17.6 Å². The van der Waals surface area contributed by atoms with Crippen molar-refractivity contribution in [1.82, 2.24) is 15.6 Å². The van der Waals surface area contributed by atoms with Gasteiger partial charge in [0.2, 0.25) is 0 Å². The first kappa shape index (κ1) is 18.4. The lowest BCUT2D eigenvalue weighted by atomic mass is 9.97. The van der Waals surface area contributed by atoms with Crippen LogP contribution in [0.3, 0.4) is 0 Å². The van der Waals surface area contributed by atoms with Crippen molar-refractivity contribution in [3.8, 4) is 0 Å². The Morgan fingerprint density at radius 1 is 1.26 bits per heavy atom. The molecule has 2 heterocycles. The maximum absolute atomic E-state index is 13.1. The minimum Gasteiger partial charge on any atom is -0.362 e. The Labute approximate surface area is 154 Å². The highest BCUT2D eigenvalue weighted by Crippen LogP contribution is 2.31. The summed E-state index contributed by atoms with van der Waals surface area (Å²) in [6, 6.07) is 6.56. The molecule has 2 N–H and O–H groups in total. The van der Waals surface area contributed by atoms with Crippen molar-refractivity contribution in [2.24, 2.45) is 0 Å². The van der Waals surface area contributed by atoms with Gasteiger partial charge in [0.05, 0.1) is 5.56 Å². The quantitative estimate of drug-likeness (QED) is 0.856.